The minimum absolute atomic E-state index is 0.642. The molecule has 0 saturated heterocycles. The lowest BCUT2D eigenvalue weighted by Gasteiger charge is -2.04. The summed E-state index contributed by atoms with van der Waals surface area (Å²) in [6.45, 7) is 0.642. The maximum atomic E-state index is 5.54. The zero-order valence-corrected chi connectivity index (χ0v) is 8.50. The van der Waals surface area contributed by atoms with E-state index in [4.69, 9.17) is 5.73 Å². The molecule has 0 amide bonds. The number of hydrogen-bond donors (Lipinski definition) is 1. The number of pyridine rings is 1. The Hall–Kier alpha value is -1.26. The van der Waals surface area contributed by atoms with Gasteiger partial charge in [0.2, 0.25) is 0 Å². The first-order chi connectivity index (χ1) is 6.92. The molecule has 2 aromatic heterocycles. The average molecular weight is 205 g/mol. The van der Waals surface area contributed by atoms with Crippen molar-refractivity contribution in [3.63, 3.8) is 0 Å². The Bertz CT molecular complexity index is 398. The maximum Gasteiger partial charge on any atom is 0.0815 e. The van der Waals surface area contributed by atoms with Gasteiger partial charge in [0.15, 0.2) is 0 Å². The molecule has 3 nitrogen and oxygen atoms in total. The number of nitrogens with zero attached hydrogens (tertiary/aromatic N) is 2. The zero-order chi connectivity index (χ0) is 9.80. The van der Waals surface area contributed by atoms with Crippen molar-refractivity contribution < 1.29 is 0 Å². The fourth-order valence-electron chi connectivity index (χ4n) is 1.38. The molecule has 2 heterocycles. The highest BCUT2D eigenvalue weighted by atomic mass is 32.1. The summed E-state index contributed by atoms with van der Waals surface area (Å²) in [6.07, 6.45) is 4.50. The standard InChI is InChI=1S/C10H11N3S/c11-3-1-8-5-12-4-2-9(8)10-6-14-7-13-10/h2,4-7H,1,3,11H2. The SMILES string of the molecule is NCCc1cnccc1-c1cscn1. The Morgan fingerprint density at radius 1 is 1.43 bits per heavy atom. The van der Waals surface area contributed by atoms with Gasteiger partial charge in [-0.2, -0.15) is 0 Å². The molecule has 0 bridgehead atoms. The fourth-order valence-corrected chi connectivity index (χ4v) is 1.93. The molecule has 0 atom stereocenters. The van der Waals surface area contributed by atoms with Crippen LogP contribution >= 0.6 is 11.3 Å². The summed E-state index contributed by atoms with van der Waals surface area (Å²) in [7, 11) is 0. The van der Waals surface area contributed by atoms with Gasteiger partial charge >= 0.3 is 0 Å². The van der Waals surface area contributed by atoms with Gasteiger partial charge in [0.1, 0.15) is 0 Å². The van der Waals surface area contributed by atoms with Gasteiger partial charge in [0.05, 0.1) is 11.2 Å². The van der Waals surface area contributed by atoms with Crippen molar-refractivity contribution in [3.8, 4) is 11.3 Å². The second kappa shape index (κ2) is 4.30. The Morgan fingerprint density at radius 2 is 2.36 bits per heavy atom. The molecule has 0 saturated carbocycles. The second-order valence-corrected chi connectivity index (χ2v) is 3.66. The molecule has 0 radical (unpaired) electrons. The largest absolute Gasteiger partial charge is 0.330 e. The van der Waals surface area contributed by atoms with Crippen LogP contribution in [-0.4, -0.2) is 16.5 Å². The summed E-state index contributed by atoms with van der Waals surface area (Å²) in [5.74, 6) is 0. The lowest BCUT2D eigenvalue weighted by molar-refractivity contribution is 0.959. The molecule has 2 aromatic rings. The van der Waals surface area contributed by atoms with Gasteiger partial charge in [-0.1, -0.05) is 0 Å². The van der Waals surface area contributed by atoms with E-state index in [1.54, 1.807) is 17.5 Å². The smallest absolute Gasteiger partial charge is 0.0815 e. The molecule has 2 N–H and O–H groups in total. The Morgan fingerprint density at radius 3 is 3.07 bits per heavy atom. The van der Waals surface area contributed by atoms with E-state index in [1.807, 2.05) is 23.2 Å². The number of rotatable bonds is 3. The molecule has 0 aliphatic carbocycles. The third-order valence-electron chi connectivity index (χ3n) is 2.03. The monoisotopic (exact) mass is 205 g/mol. The third kappa shape index (κ3) is 1.81. The topological polar surface area (TPSA) is 51.8 Å². The van der Waals surface area contributed by atoms with Gasteiger partial charge < -0.3 is 5.73 Å². The van der Waals surface area contributed by atoms with Crippen molar-refractivity contribution in [2.75, 3.05) is 6.54 Å². The molecule has 4 heteroatoms. The molecule has 14 heavy (non-hydrogen) atoms. The summed E-state index contributed by atoms with van der Waals surface area (Å²) < 4.78 is 0. The van der Waals surface area contributed by atoms with Gasteiger partial charge in [-0.05, 0) is 24.6 Å². The lowest BCUT2D eigenvalue weighted by atomic mass is 10.1. The molecule has 0 fully saturated rings. The van der Waals surface area contributed by atoms with Crippen molar-refractivity contribution in [3.05, 3.63) is 34.9 Å². The number of aromatic nitrogens is 2. The Labute approximate surface area is 86.6 Å². The molecule has 0 aromatic carbocycles. The van der Waals surface area contributed by atoms with Gasteiger partial charge in [0, 0.05) is 23.3 Å². The average Bonchev–Trinajstić information content (AvgIpc) is 2.72. The van der Waals surface area contributed by atoms with Crippen LogP contribution in [0.15, 0.2) is 29.4 Å². The van der Waals surface area contributed by atoms with E-state index in [-0.39, 0.29) is 0 Å². The minimum atomic E-state index is 0.642. The van der Waals surface area contributed by atoms with E-state index in [0.717, 1.165) is 17.7 Å². The van der Waals surface area contributed by atoms with E-state index in [2.05, 4.69) is 9.97 Å². The maximum absolute atomic E-state index is 5.54. The van der Waals surface area contributed by atoms with Crippen LogP contribution in [0.3, 0.4) is 0 Å². The van der Waals surface area contributed by atoms with Crippen LogP contribution < -0.4 is 5.73 Å². The molecule has 0 unspecified atom stereocenters. The van der Waals surface area contributed by atoms with Crippen LogP contribution in [0.1, 0.15) is 5.56 Å². The van der Waals surface area contributed by atoms with E-state index in [0.29, 0.717) is 6.54 Å². The zero-order valence-electron chi connectivity index (χ0n) is 7.68. The van der Waals surface area contributed by atoms with Gasteiger partial charge in [-0.3, -0.25) is 4.98 Å². The number of thiazole rings is 1. The predicted molar refractivity (Wildman–Crippen MR) is 58.1 cm³/mol. The molecule has 0 spiro atoms. The highest BCUT2D eigenvalue weighted by molar-refractivity contribution is 7.07. The van der Waals surface area contributed by atoms with Gasteiger partial charge in [0.25, 0.3) is 0 Å². The first-order valence-corrected chi connectivity index (χ1v) is 5.37. The highest BCUT2D eigenvalue weighted by Gasteiger charge is 2.05. The van der Waals surface area contributed by atoms with Crippen LogP contribution in [0.4, 0.5) is 0 Å². The summed E-state index contributed by atoms with van der Waals surface area (Å²) >= 11 is 1.60. The molecular formula is C10H11N3S. The second-order valence-electron chi connectivity index (χ2n) is 2.95. The van der Waals surface area contributed by atoms with Crippen molar-refractivity contribution in [2.24, 2.45) is 5.73 Å². The summed E-state index contributed by atoms with van der Waals surface area (Å²) in [5, 5.41) is 2.04. The first kappa shape index (κ1) is 9.30. The summed E-state index contributed by atoms with van der Waals surface area (Å²) in [4.78, 5) is 8.37. The number of hydrogen-bond acceptors (Lipinski definition) is 4. The van der Waals surface area contributed by atoms with Crippen molar-refractivity contribution in [1.29, 1.82) is 0 Å². The predicted octanol–water partition coefficient (Wildman–Crippen LogP) is 1.71. The molecular weight excluding hydrogens is 194 g/mol. The van der Waals surface area contributed by atoms with E-state index < -0.39 is 0 Å². The van der Waals surface area contributed by atoms with Crippen LogP contribution in [0.25, 0.3) is 11.3 Å². The lowest BCUT2D eigenvalue weighted by Crippen LogP contribution is -2.04. The minimum Gasteiger partial charge on any atom is -0.330 e. The molecule has 72 valence electrons. The van der Waals surface area contributed by atoms with Crippen molar-refractivity contribution in [1.82, 2.24) is 9.97 Å². The van der Waals surface area contributed by atoms with Crippen LogP contribution in [0, 0.1) is 0 Å². The van der Waals surface area contributed by atoms with Crippen LogP contribution in [0.5, 0.6) is 0 Å². The van der Waals surface area contributed by atoms with Crippen LogP contribution in [-0.2, 0) is 6.42 Å². The Balaban J connectivity index is 2.42. The third-order valence-corrected chi connectivity index (χ3v) is 2.61. The van der Waals surface area contributed by atoms with Gasteiger partial charge in [-0.25, -0.2) is 4.98 Å². The molecule has 2 rings (SSSR count). The first-order valence-electron chi connectivity index (χ1n) is 4.43. The van der Waals surface area contributed by atoms with E-state index >= 15 is 0 Å². The van der Waals surface area contributed by atoms with Crippen LogP contribution in [0.2, 0.25) is 0 Å². The van der Waals surface area contributed by atoms with Gasteiger partial charge in [-0.15, -0.1) is 11.3 Å². The van der Waals surface area contributed by atoms with Crippen molar-refractivity contribution >= 4 is 11.3 Å². The van der Waals surface area contributed by atoms with Crippen molar-refractivity contribution in [2.45, 2.75) is 6.42 Å². The number of nitrogens with two attached hydrogens (primary N) is 1. The van der Waals surface area contributed by atoms with E-state index in [1.165, 1.54) is 5.56 Å². The highest BCUT2D eigenvalue weighted by Crippen LogP contribution is 2.22. The Kier molecular flexibility index (Phi) is 2.86. The summed E-state index contributed by atoms with van der Waals surface area (Å²) in [6, 6.07) is 1.99. The summed E-state index contributed by atoms with van der Waals surface area (Å²) in [5.41, 5.74) is 10.7. The quantitative estimate of drug-likeness (QED) is 0.829. The van der Waals surface area contributed by atoms with E-state index in [9.17, 15) is 0 Å². The normalized spacial score (nSPS) is 10.4. The molecule has 0 aliphatic rings. The fraction of sp³-hybridized carbons (Fsp3) is 0.200. The molecule has 0 aliphatic heterocycles.